The fourth-order valence-electron chi connectivity index (χ4n) is 3.55. The molecule has 2 aromatic rings. The van der Waals surface area contributed by atoms with Gasteiger partial charge in [-0.2, -0.15) is 0 Å². The van der Waals surface area contributed by atoms with Gasteiger partial charge >= 0.3 is 17.7 Å². The van der Waals surface area contributed by atoms with Crippen molar-refractivity contribution in [1.29, 1.82) is 0 Å². The van der Waals surface area contributed by atoms with Gasteiger partial charge in [-0.15, -0.1) is 11.8 Å². The second kappa shape index (κ2) is 8.88. The van der Waals surface area contributed by atoms with Crippen molar-refractivity contribution in [2.45, 2.75) is 24.9 Å². The smallest absolute Gasteiger partial charge is 0.420 e. The molecule has 2 aliphatic rings. The van der Waals surface area contributed by atoms with Gasteiger partial charge in [0.05, 0.1) is 10.5 Å². The fourth-order valence-corrected chi connectivity index (χ4v) is 5.36. The molecule has 1 aromatic carbocycles. The van der Waals surface area contributed by atoms with Crippen molar-refractivity contribution >= 4 is 74.1 Å². The molecule has 1 aromatic heterocycles. The summed E-state index contributed by atoms with van der Waals surface area (Å²) in [5, 5.41) is 11.8. The molecule has 2 N–H and O–H groups in total. The van der Waals surface area contributed by atoms with Crippen LogP contribution in [0.3, 0.4) is 0 Å². The number of aromatic nitrogens is 1. The Morgan fingerprint density at radius 3 is 2.76 bits per heavy atom. The minimum absolute atomic E-state index is 0.203. The predicted octanol–water partition coefficient (Wildman–Crippen LogP) is 1.31. The monoisotopic (exact) mass is 559 g/mol. The molecule has 0 spiro atoms. The van der Waals surface area contributed by atoms with Crippen LogP contribution in [0.25, 0.3) is 11.1 Å². The van der Waals surface area contributed by atoms with Crippen molar-refractivity contribution in [3.05, 3.63) is 43.4 Å². The number of benzene rings is 1. The summed E-state index contributed by atoms with van der Waals surface area (Å²) in [7, 11) is 0. The molecule has 11 nitrogen and oxygen atoms in total. The lowest BCUT2D eigenvalue weighted by Gasteiger charge is -2.49. The number of carbonyl (C=O) groups excluding carboxylic acids is 3. The maximum absolute atomic E-state index is 12.7. The van der Waals surface area contributed by atoms with Crippen LogP contribution >= 0.6 is 39.3 Å². The number of nitrogens with zero attached hydrogens (tertiary/aromatic N) is 2. The minimum atomic E-state index is -1.33. The Hall–Kier alpha value is -2.77. The lowest BCUT2D eigenvalue weighted by molar-refractivity contribution is -0.151. The number of esters is 1. The van der Waals surface area contributed by atoms with Crippen LogP contribution in [0.1, 0.15) is 6.92 Å². The highest BCUT2D eigenvalue weighted by Gasteiger charge is 2.54. The minimum Gasteiger partial charge on any atom is -0.477 e. The summed E-state index contributed by atoms with van der Waals surface area (Å²) >= 11 is 10.5. The molecule has 2 aliphatic heterocycles. The van der Waals surface area contributed by atoms with E-state index in [9.17, 15) is 29.1 Å². The number of amides is 2. The first-order chi connectivity index (χ1) is 15.6. The Kier molecular flexibility index (Phi) is 6.29. The maximum atomic E-state index is 12.7. The lowest BCUT2D eigenvalue weighted by Crippen LogP contribution is -2.70. The van der Waals surface area contributed by atoms with Gasteiger partial charge in [0.1, 0.15) is 30.3 Å². The summed E-state index contributed by atoms with van der Waals surface area (Å²) in [4.78, 5) is 61.4. The number of ether oxygens (including phenoxy) is 1. The molecule has 0 saturated carbocycles. The fraction of sp³-hybridized carbons (Fsp3) is 0.316. The third-order valence-electron chi connectivity index (χ3n) is 5.03. The van der Waals surface area contributed by atoms with Crippen LogP contribution in [0.2, 0.25) is 5.02 Å². The third kappa shape index (κ3) is 4.27. The number of rotatable bonds is 6. The third-order valence-corrected chi connectivity index (χ3v) is 7.56. The van der Waals surface area contributed by atoms with Gasteiger partial charge in [-0.3, -0.25) is 23.9 Å². The van der Waals surface area contributed by atoms with Gasteiger partial charge in [0.25, 0.3) is 5.91 Å². The molecule has 0 radical (unpaired) electrons. The summed E-state index contributed by atoms with van der Waals surface area (Å²) in [5.74, 6) is -3.72. The van der Waals surface area contributed by atoms with Crippen LogP contribution in [0.15, 0.2) is 37.1 Å². The van der Waals surface area contributed by atoms with Crippen LogP contribution in [0, 0.1) is 0 Å². The highest BCUT2D eigenvalue weighted by Crippen LogP contribution is 2.40. The second-order valence-electron chi connectivity index (χ2n) is 7.18. The van der Waals surface area contributed by atoms with Crippen LogP contribution in [-0.2, 0) is 30.5 Å². The molecular weight excluding hydrogens is 546 g/mol. The number of aliphatic carboxylic acids is 1. The first-order valence-electron chi connectivity index (χ1n) is 9.39. The number of fused-ring (bicyclic) bond motifs is 2. The van der Waals surface area contributed by atoms with Crippen molar-refractivity contribution in [2.24, 2.45) is 0 Å². The zero-order chi connectivity index (χ0) is 24.0. The number of thioether (sulfide) groups is 1. The average molecular weight is 561 g/mol. The lowest BCUT2D eigenvalue weighted by atomic mass is 10.0. The molecule has 33 heavy (non-hydrogen) atoms. The molecule has 174 valence electrons. The van der Waals surface area contributed by atoms with Gasteiger partial charge < -0.3 is 19.6 Å². The van der Waals surface area contributed by atoms with Crippen molar-refractivity contribution in [3.63, 3.8) is 0 Å². The van der Waals surface area contributed by atoms with Crippen LogP contribution in [0.4, 0.5) is 0 Å². The van der Waals surface area contributed by atoms with E-state index in [1.807, 2.05) is 0 Å². The topological polar surface area (TPSA) is 148 Å². The summed E-state index contributed by atoms with van der Waals surface area (Å²) in [6, 6.07) is 2.01. The molecule has 0 bridgehead atoms. The number of hydrogen-bond acceptors (Lipinski definition) is 8. The van der Waals surface area contributed by atoms with Crippen molar-refractivity contribution in [1.82, 2.24) is 14.8 Å². The number of carboxylic acids is 1. The number of carboxylic acid groups (broad SMARTS) is 1. The standard InChI is InChI=1S/C19H15BrClN3O8S/c1-7(25)31-5-8-6-33-17-14(16(27)24(17)15(8)18(28)29)22-13(26)4-23-11-3-10(21)9(20)2-12(11)32-19(23)30/h2-3,14,17H,4-6H2,1H3,(H,22,26)(H,28,29)/t14?,17-/m1/s1. The van der Waals surface area contributed by atoms with E-state index in [2.05, 4.69) is 21.2 Å². The summed E-state index contributed by atoms with van der Waals surface area (Å²) in [6.07, 6.45) is 0. The first-order valence-corrected chi connectivity index (χ1v) is 11.6. The number of oxazole rings is 1. The normalized spacial score (nSPS) is 19.8. The van der Waals surface area contributed by atoms with Crippen molar-refractivity contribution in [3.8, 4) is 0 Å². The molecular formula is C19H15BrClN3O8S. The zero-order valence-corrected chi connectivity index (χ0v) is 20.0. The van der Waals surface area contributed by atoms with E-state index in [4.69, 9.17) is 20.8 Å². The number of halogens is 2. The van der Waals surface area contributed by atoms with Gasteiger partial charge in [0.2, 0.25) is 5.91 Å². The van der Waals surface area contributed by atoms with E-state index in [1.165, 1.54) is 30.8 Å². The largest absolute Gasteiger partial charge is 0.477 e. The van der Waals surface area contributed by atoms with E-state index in [0.717, 1.165) is 9.47 Å². The molecule has 1 unspecified atom stereocenters. The molecule has 3 heterocycles. The van der Waals surface area contributed by atoms with Crippen LogP contribution in [-0.4, -0.2) is 62.1 Å². The second-order valence-corrected chi connectivity index (χ2v) is 9.55. The predicted molar refractivity (Wildman–Crippen MR) is 120 cm³/mol. The Morgan fingerprint density at radius 1 is 1.36 bits per heavy atom. The highest BCUT2D eigenvalue weighted by atomic mass is 79.9. The van der Waals surface area contributed by atoms with E-state index in [-0.39, 0.29) is 29.2 Å². The Morgan fingerprint density at radius 2 is 2.09 bits per heavy atom. The van der Waals surface area contributed by atoms with Crippen LogP contribution < -0.4 is 11.1 Å². The van der Waals surface area contributed by atoms with Gasteiger partial charge in [0, 0.05) is 22.7 Å². The summed E-state index contributed by atoms with van der Waals surface area (Å²) in [5.41, 5.74) is 0.571. The highest BCUT2D eigenvalue weighted by molar-refractivity contribution is 9.10. The maximum Gasteiger partial charge on any atom is 0.420 e. The van der Waals surface area contributed by atoms with Gasteiger partial charge in [-0.05, 0) is 28.1 Å². The van der Waals surface area contributed by atoms with Gasteiger partial charge in [-0.25, -0.2) is 9.59 Å². The van der Waals surface area contributed by atoms with E-state index >= 15 is 0 Å². The molecule has 2 amide bonds. The molecule has 2 atom stereocenters. The SMILES string of the molecule is CC(=O)OCC1=C(C(=O)O)N2C(=O)C(NC(=O)Cn3c(=O)oc4cc(Br)c(Cl)cc43)[C@H]2SC1. The quantitative estimate of drug-likeness (QED) is 0.394. The summed E-state index contributed by atoms with van der Waals surface area (Å²) in [6.45, 7) is 0.526. The van der Waals surface area contributed by atoms with Crippen molar-refractivity contribution in [2.75, 3.05) is 12.4 Å². The van der Waals surface area contributed by atoms with Gasteiger partial charge in [-0.1, -0.05) is 11.6 Å². The van der Waals surface area contributed by atoms with E-state index < -0.39 is 47.5 Å². The Labute approximate surface area is 202 Å². The molecule has 1 fully saturated rings. The van der Waals surface area contributed by atoms with E-state index in [1.54, 1.807) is 0 Å². The molecule has 1 saturated heterocycles. The number of nitrogens with one attached hydrogen (secondary N) is 1. The van der Waals surface area contributed by atoms with E-state index in [0.29, 0.717) is 15.0 Å². The number of carbonyl (C=O) groups is 4. The average Bonchev–Trinajstić information content (AvgIpc) is 3.03. The first kappa shape index (κ1) is 23.4. The number of β-lactam (4-membered cyclic amide) rings is 1. The van der Waals surface area contributed by atoms with Crippen LogP contribution in [0.5, 0.6) is 0 Å². The van der Waals surface area contributed by atoms with Gasteiger partial charge in [0.15, 0.2) is 5.58 Å². The Balaban J connectivity index is 1.50. The summed E-state index contributed by atoms with van der Waals surface area (Å²) < 4.78 is 11.6. The molecule has 0 aliphatic carbocycles. The Bertz CT molecular complexity index is 1300. The number of hydrogen-bond donors (Lipinski definition) is 2. The molecule has 14 heteroatoms. The van der Waals surface area contributed by atoms with Crippen molar-refractivity contribution < 1.29 is 33.4 Å². The molecule has 4 rings (SSSR count). The zero-order valence-electron chi connectivity index (χ0n) is 16.8.